The normalized spacial score (nSPS) is 18.3. The van der Waals surface area contributed by atoms with Crippen LogP contribution in [0.2, 0.25) is 0 Å². The fourth-order valence-electron chi connectivity index (χ4n) is 4.62. The van der Waals surface area contributed by atoms with E-state index in [1.165, 1.54) is 27.8 Å². The summed E-state index contributed by atoms with van der Waals surface area (Å²) in [6.07, 6.45) is 3.14. The Bertz CT molecular complexity index is 1530. The fraction of sp³-hybridized carbons (Fsp3) is 0.370. The van der Waals surface area contributed by atoms with Crippen LogP contribution in [0.15, 0.2) is 65.8 Å². The zero-order chi connectivity index (χ0) is 27.6. The van der Waals surface area contributed by atoms with E-state index in [-0.39, 0.29) is 36.1 Å². The Morgan fingerprint density at radius 2 is 1.87 bits per heavy atom. The zero-order valence-corrected chi connectivity index (χ0v) is 23.7. The molecule has 1 amide bonds. The van der Waals surface area contributed by atoms with E-state index in [0.29, 0.717) is 41.7 Å². The van der Waals surface area contributed by atoms with Crippen molar-refractivity contribution in [1.29, 1.82) is 0 Å². The number of carbonyl (C=O) groups excluding carboxylic acids is 1. The Labute approximate surface area is 231 Å². The highest BCUT2D eigenvalue weighted by molar-refractivity contribution is 7.89. The SMILES string of the molecule is CCOc1cccc2sc(N(CCn3cccn3)C(=O)c3ccc(S(=O)(=O)N4CC(C)OC(C)C4)cc3)nc12. The number of sulfonamides is 1. The van der Waals surface area contributed by atoms with E-state index in [0.717, 1.165) is 4.70 Å². The van der Waals surface area contributed by atoms with Gasteiger partial charge < -0.3 is 9.47 Å². The number of anilines is 1. The maximum Gasteiger partial charge on any atom is 0.260 e. The van der Waals surface area contributed by atoms with Crippen molar-refractivity contribution in [1.82, 2.24) is 19.1 Å². The van der Waals surface area contributed by atoms with Crippen molar-refractivity contribution in [3.8, 4) is 5.75 Å². The van der Waals surface area contributed by atoms with Gasteiger partial charge in [-0.3, -0.25) is 14.4 Å². The predicted octanol–water partition coefficient (Wildman–Crippen LogP) is 4.04. The summed E-state index contributed by atoms with van der Waals surface area (Å²) in [5.74, 6) is 0.384. The summed E-state index contributed by atoms with van der Waals surface area (Å²) in [4.78, 5) is 20.3. The second kappa shape index (κ2) is 11.4. The van der Waals surface area contributed by atoms with E-state index in [2.05, 4.69) is 5.10 Å². The molecule has 0 N–H and O–H groups in total. The number of fused-ring (bicyclic) bond motifs is 1. The van der Waals surface area contributed by atoms with Crippen LogP contribution in [0, 0.1) is 0 Å². The molecule has 0 spiro atoms. The molecule has 2 unspecified atom stereocenters. The minimum Gasteiger partial charge on any atom is -0.492 e. The Balaban J connectivity index is 1.43. The van der Waals surface area contributed by atoms with Crippen LogP contribution >= 0.6 is 11.3 Å². The van der Waals surface area contributed by atoms with Crippen molar-refractivity contribution in [3.63, 3.8) is 0 Å². The second-order valence-corrected chi connectivity index (χ2v) is 12.3. The molecule has 2 aromatic heterocycles. The average Bonchev–Trinajstić information content (AvgIpc) is 3.59. The van der Waals surface area contributed by atoms with Gasteiger partial charge in [0.15, 0.2) is 5.13 Å². The van der Waals surface area contributed by atoms with Gasteiger partial charge in [0.05, 0.1) is 35.0 Å². The standard InChI is InChI=1S/C27H31N5O5S2/c1-4-36-23-7-5-8-24-25(23)29-27(38-24)32(16-15-30-14-6-13-28-30)26(33)21-9-11-22(12-10-21)39(34,35)31-17-19(2)37-20(3)18-31/h5-14,19-20H,4,15-18H2,1-3H3. The van der Waals surface area contributed by atoms with Gasteiger partial charge in [0.25, 0.3) is 5.91 Å². The van der Waals surface area contributed by atoms with E-state index in [9.17, 15) is 13.2 Å². The molecule has 12 heteroatoms. The fourth-order valence-corrected chi connectivity index (χ4v) is 7.22. The molecule has 5 rings (SSSR count). The molecule has 2 atom stereocenters. The van der Waals surface area contributed by atoms with Gasteiger partial charge in [-0.1, -0.05) is 17.4 Å². The van der Waals surface area contributed by atoms with Crippen LogP contribution in [0.5, 0.6) is 5.75 Å². The van der Waals surface area contributed by atoms with Crippen LogP contribution in [0.4, 0.5) is 5.13 Å². The smallest absolute Gasteiger partial charge is 0.260 e. The van der Waals surface area contributed by atoms with Crippen molar-refractivity contribution in [2.24, 2.45) is 0 Å². The lowest BCUT2D eigenvalue weighted by Crippen LogP contribution is -2.48. The van der Waals surface area contributed by atoms with E-state index in [4.69, 9.17) is 14.5 Å². The molecule has 1 fully saturated rings. The third-order valence-corrected chi connectivity index (χ3v) is 9.27. The van der Waals surface area contributed by atoms with Crippen LogP contribution < -0.4 is 9.64 Å². The predicted molar refractivity (Wildman–Crippen MR) is 150 cm³/mol. The van der Waals surface area contributed by atoms with Gasteiger partial charge >= 0.3 is 0 Å². The summed E-state index contributed by atoms with van der Waals surface area (Å²) < 4.78 is 42.1. The maximum absolute atomic E-state index is 13.8. The van der Waals surface area contributed by atoms with Crippen LogP contribution in [-0.2, 0) is 21.3 Å². The van der Waals surface area contributed by atoms with Gasteiger partial charge in [-0.15, -0.1) is 0 Å². The molecule has 0 radical (unpaired) electrons. The summed E-state index contributed by atoms with van der Waals surface area (Å²) in [7, 11) is -3.72. The van der Waals surface area contributed by atoms with Gasteiger partial charge in [0, 0.05) is 37.6 Å². The highest BCUT2D eigenvalue weighted by atomic mass is 32.2. The topological polar surface area (TPSA) is 107 Å². The van der Waals surface area contributed by atoms with E-state index in [1.54, 1.807) is 27.9 Å². The summed E-state index contributed by atoms with van der Waals surface area (Å²) >= 11 is 1.40. The number of para-hydroxylation sites is 1. The van der Waals surface area contributed by atoms with E-state index in [1.807, 2.05) is 51.2 Å². The van der Waals surface area contributed by atoms with Gasteiger partial charge in [-0.05, 0) is 63.2 Å². The van der Waals surface area contributed by atoms with Crippen molar-refractivity contribution < 1.29 is 22.7 Å². The first-order valence-corrected chi connectivity index (χ1v) is 15.1. The molecule has 39 heavy (non-hydrogen) atoms. The molecule has 10 nitrogen and oxygen atoms in total. The van der Waals surface area contributed by atoms with E-state index >= 15 is 0 Å². The van der Waals surface area contributed by atoms with Gasteiger partial charge in [0.2, 0.25) is 10.0 Å². The number of ether oxygens (including phenoxy) is 2. The molecule has 206 valence electrons. The Kier molecular flexibility index (Phi) is 7.98. The van der Waals surface area contributed by atoms with Crippen molar-refractivity contribution >= 4 is 42.6 Å². The molecule has 1 aliphatic rings. The lowest BCUT2D eigenvalue weighted by Gasteiger charge is -2.34. The number of hydrogen-bond donors (Lipinski definition) is 0. The number of benzene rings is 2. The first kappa shape index (κ1) is 27.3. The highest BCUT2D eigenvalue weighted by Crippen LogP contribution is 2.35. The molecule has 0 bridgehead atoms. The number of nitrogens with zero attached hydrogens (tertiary/aromatic N) is 5. The second-order valence-electron chi connectivity index (χ2n) is 9.36. The summed E-state index contributed by atoms with van der Waals surface area (Å²) in [5.41, 5.74) is 1.06. The van der Waals surface area contributed by atoms with E-state index < -0.39 is 10.0 Å². The van der Waals surface area contributed by atoms with Gasteiger partial charge in [0.1, 0.15) is 11.3 Å². The van der Waals surface area contributed by atoms with Crippen LogP contribution in [0.1, 0.15) is 31.1 Å². The number of aromatic nitrogens is 3. The Morgan fingerprint density at radius 3 is 2.54 bits per heavy atom. The Morgan fingerprint density at radius 1 is 1.13 bits per heavy atom. The van der Waals surface area contributed by atoms with Crippen molar-refractivity contribution in [3.05, 3.63) is 66.5 Å². The largest absolute Gasteiger partial charge is 0.492 e. The quantitative estimate of drug-likeness (QED) is 0.300. The minimum atomic E-state index is -3.72. The molecule has 2 aromatic carbocycles. The molecular weight excluding hydrogens is 538 g/mol. The van der Waals surface area contributed by atoms with Gasteiger partial charge in [-0.25, -0.2) is 13.4 Å². The summed E-state index contributed by atoms with van der Waals surface area (Å²) in [6, 6.07) is 13.6. The van der Waals surface area contributed by atoms with Crippen molar-refractivity contribution in [2.45, 2.75) is 44.4 Å². The first-order valence-electron chi connectivity index (χ1n) is 12.8. The molecule has 1 saturated heterocycles. The number of morpholine rings is 1. The Hall–Kier alpha value is -3.32. The third-order valence-electron chi connectivity index (χ3n) is 6.38. The number of amides is 1. The molecule has 1 aliphatic heterocycles. The zero-order valence-electron chi connectivity index (χ0n) is 22.1. The maximum atomic E-state index is 13.8. The van der Waals surface area contributed by atoms with Crippen LogP contribution in [-0.4, -0.2) is 71.8 Å². The summed E-state index contributed by atoms with van der Waals surface area (Å²) in [6.45, 7) is 7.50. The molecule has 3 heterocycles. The minimum absolute atomic E-state index is 0.143. The molecule has 0 saturated carbocycles. The third kappa shape index (κ3) is 5.83. The average molecular weight is 570 g/mol. The van der Waals surface area contributed by atoms with Crippen LogP contribution in [0.3, 0.4) is 0 Å². The molecular formula is C27H31N5O5S2. The molecule has 4 aromatic rings. The highest BCUT2D eigenvalue weighted by Gasteiger charge is 2.32. The van der Waals surface area contributed by atoms with Crippen molar-refractivity contribution in [2.75, 3.05) is 31.1 Å². The lowest BCUT2D eigenvalue weighted by atomic mass is 10.2. The first-order chi connectivity index (χ1) is 18.8. The molecule has 0 aliphatic carbocycles. The number of thiazole rings is 1. The monoisotopic (exact) mass is 569 g/mol. The number of rotatable bonds is 9. The number of carbonyl (C=O) groups is 1. The summed E-state index contributed by atoms with van der Waals surface area (Å²) in [5, 5.41) is 4.78. The number of hydrogen-bond acceptors (Lipinski definition) is 8. The lowest BCUT2D eigenvalue weighted by molar-refractivity contribution is -0.0440. The van der Waals surface area contributed by atoms with Gasteiger partial charge in [-0.2, -0.15) is 9.40 Å². The van der Waals surface area contributed by atoms with Crippen LogP contribution in [0.25, 0.3) is 10.2 Å².